The van der Waals surface area contributed by atoms with Gasteiger partial charge in [0.15, 0.2) is 18.1 Å². The lowest BCUT2D eigenvalue weighted by Crippen LogP contribution is -2.53. The van der Waals surface area contributed by atoms with Gasteiger partial charge < -0.3 is 34.6 Å². The zero-order valence-corrected chi connectivity index (χ0v) is 26.9. The van der Waals surface area contributed by atoms with Crippen molar-refractivity contribution in [3.8, 4) is 11.5 Å². The van der Waals surface area contributed by atoms with E-state index in [-0.39, 0.29) is 24.3 Å². The van der Waals surface area contributed by atoms with Gasteiger partial charge in [0, 0.05) is 55.6 Å². The lowest BCUT2D eigenvalue weighted by atomic mass is 9.93. The van der Waals surface area contributed by atoms with E-state index in [1.807, 2.05) is 49.4 Å². The zero-order valence-electron chi connectivity index (χ0n) is 26.1. The van der Waals surface area contributed by atoms with Crippen LogP contribution in [0.3, 0.4) is 0 Å². The summed E-state index contributed by atoms with van der Waals surface area (Å²) in [7, 11) is 3.27. The molecular formula is C36H37ClN4O5. The lowest BCUT2D eigenvalue weighted by Gasteiger charge is -2.39. The number of nitrogens with zero attached hydrogens (tertiary/aromatic N) is 3. The Morgan fingerprint density at radius 2 is 1.76 bits per heavy atom. The molecule has 10 heteroatoms. The van der Waals surface area contributed by atoms with Crippen molar-refractivity contribution >= 4 is 51.2 Å². The molecule has 4 aromatic carbocycles. The molecule has 3 aliphatic heterocycles. The highest BCUT2D eigenvalue weighted by Crippen LogP contribution is 2.45. The number of ether oxygens (including phenoxy) is 2. The molecule has 2 amide bonds. The number of methoxy groups -OCH3 is 1. The van der Waals surface area contributed by atoms with Crippen LogP contribution in [0.25, 0.3) is 10.8 Å². The average Bonchev–Trinajstić information content (AvgIpc) is 3.45. The summed E-state index contributed by atoms with van der Waals surface area (Å²) in [6.07, 6.45) is -0.405. The molecule has 2 N–H and O–H groups in total. The first kappa shape index (κ1) is 30.2. The van der Waals surface area contributed by atoms with Crippen LogP contribution in [0.5, 0.6) is 11.5 Å². The van der Waals surface area contributed by atoms with E-state index in [4.69, 9.17) is 21.1 Å². The molecule has 46 heavy (non-hydrogen) atoms. The van der Waals surface area contributed by atoms with Crippen molar-refractivity contribution in [3.05, 3.63) is 89.0 Å². The summed E-state index contributed by atoms with van der Waals surface area (Å²) in [5.74, 6) is 0.594. The van der Waals surface area contributed by atoms with Crippen LogP contribution < -0.4 is 24.6 Å². The Balaban J connectivity index is 1.18. The quantitative estimate of drug-likeness (QED) is 0.263. The summed E-state index contributed by atoms with van der Waals surface area (Å²) in [6.45, 7) is 3.39. The number of alkyl halides is 1. The van der Waals surface area contributed by atoms with E-state index in [9.17, 15) is 14.7 Å². The Labute approximate surface area is 273 Å². The second kappa shape index (κ2) is 12.0. The van der Waals surface area contributed by atoms with E-state index in [2.05, 4.69) is 17.4 Å². The molecule has 4 aromatic rings. The second-order valence-corrected chi connectivity index (χ2v) is 12.4. The van der Waals surface area contributed by atoms with Gasteiger partial charge in [-0.2, -0.15) is 0 Å². The van der Waals surface area contributed by atoms with Crippen LogP contribution >= 0.6 is 11.6 Å². The molecule has 0 spiro atoms. The van der Waals surface area contributed by atoms with E-state index < -0.39 is 12.3 Å². The summed E-state index contributed by atoms with van der Waals surface area (Å²) >= 11 is 6.45. The van der Waals surface area contributed by atoms with Crippen LogP contribution in [-0.2, 0) is 17.8 Å². The molecule has 0 radical (unpaired) electrons. The topological polar surface area (TPSA) is 94.6 Å². The number of halogens is 1. The molecule has 0 saturated carbocycles. The number of rotatable bonds is 7. The minimum absolute atomic E-state index is 0.0194. The number of fused-ring (bicyclic) bond motifs is 6. The van der Waals surface area contributed by atoms with Gasteiger partial charge in [-0.25, -0.2) is 0 Å². The van der Waals surface area contributed by atoms with Crippen LogP contribution in [0.15, 0.2) is 66.7 Å². The first-order valence-electron chi connectivity index (χ1n) is 15.6. The van der Waals surface area contributed by atoms with Crippen molar-refractivity contribution in [3.63, 3.8) is 0 Å². The van der Waals surface area contributed by atoms with Crippen molar-refractivity contribution in [2.24, 2.45) is 0 Å². The molecule has 0 aromatic heterocycles. The van der Waals surface area contributed by atoms with Gasteiger partial charge >= 0.3 is 0 Å². The first-order chi connectivity index (χ1) is 22.3. The Morgan fingerprint density at radius 1 is 1.02 bits per heavy atom. The Bertz CT molecular complexity index is 1850. The molecule has 0 saturated heterocycles. The number of aliphatic hydroxyl groups excluding tert-OH is 1. The molecule has 3 aliphatic rings. The predicted molar refractivity (Wildman–Crippen MR) is 181 cm³/mol. The maximum Gasteiger partial charge on any atom is 0.264 e. The van der Waals surface area contributed by atoms with Crippen LogP contribution in [0.4, 0.5) is 17.1 Å². The number of aliphatic hydroxyl groups is 1. The van der Waals surface area contributed by atoms with Gasteiger partial charge in [0.25, 0.3) is 11.8 Å². The number of carbonyl (C=O) groups excluding carboxylic acids is 2. The van der Waals surface area contributed by atoms with E-state index in [1.165, 1.54) is 7.11 Å². The summed E-state index contributed by atoms with van der Waals surface area (Å²) in [5.41, 5.74) is 5.96. The van der Waals surface area contributed by atoms with Gasteiger partial charge in [0.1, 0.15) is 6.23 Å². The third-order valence-electron chi connectivity index (χ3n) is 9.55. The number of amides is 2. The number of likely N-dealkylation sites (N-methyl/N-ethyl adjacent to an activating group) is 1. The van der Waals surface area contributed by atoms with E-state index in [1.54, 1.807) is 33.9 Å². The predicted octanol–water partition coefficient (Wildman–Crippen LogP) is 5.36. The van der Waals surface area contributed by atoms with E-state index >= 15 is 0 Å². The van der Waals surface area contributed by atoms with Crippen molar-refractivity contribution in [1.29, 1.82) is 0 Å². The highest BCUT2D eigenvalue weighted by molar-refractivity contribution is 6.19. The number of carbonyl (C=O) groups is 2. The maximum atomic E-state index is 13.9. The maximum absolute atomic E-state index is 13.9. The fourth-order valence-electron chi connectivity index (χ4n) is 7.24. The van der Waals surface area contributed by atoms with Crippen LogP contribution in [0, 0.1) is 0 Å². The van der Waals surface area contributed by atoms with Crippen molar-refractivity contribution < 1.29 is 24.2 Å². The molecular weight excluding hydrogens is 604 g/mol. The smallest absolute Gasteiger partial charge is 0.264 e. The third-order valence-corrected chi connectivity index (χ3v) is 9.93. The minimum atomic E-state index is -0.948. The Morgan fingerprint density at radius 3 is 2.50 bits per heavy atom. The Kier molecular flexibility index (Phi) is 7.90. The van der Waals surface area contributed by atoms with Gasteiger partial charge in [-0.05, 0) is 47.6 Å². The number of nitrogens with one attached hydrogen (secondary N) is 1. The average molecular weight is 641 g/mol. The summed E-state index contributed by atoms with van der Waals surface area (Å²) in [4.78, 5) is 33.0. The standard InChI is InChI=1S/C36H37ClN4O5/c1-4-38-27-15-29-34(25-12-8-7-11-24(25)27)23(17-37)19-40(29)33(42)20-46-32-16-28-26(14-31(32)45-3)35(43)41-18-22-10-6-5-9-21(22)13-30(41)36(44)39(28)2/h5-12,14-16,23,30,36,38,44H,4,13,17-20H2,1-3H3/t23-,30+,36?/m1/s1. The zero-order chi connectivity index (χ0) is 32.1. The normalized spacial score (nSPS) is 20.1. The molecule has 1 unspecified atom stereocenters. The molecule has 3 atom stereocenters. The van der Waals surface area contributed by atoms with Crippen LogP contribution in [0.2, 0.25) is 0 Å². The second-order valence-electron chi connectivity index (χ2n) is 12.1. The molecule has 3 heterocycles. The number of benzene rings is 4. The van der Waals surface area contributed by atoms with Crippen LogP contribution in [-0.4, -0.2) is 73.8 Å². The van der Waals surface area contributed by atoms with Gasteiger partial charge in [-0.15, -0.1) is 11.6 Å². The first-order valence-corrected chi connectivity index (χ1v) is 16.2. The highest BCUT2D eigenvalue weighted by atomic mass is 35.5. The van der Waals surface area contributed by atoms with Gasteiger partial charge in [0.2, 0.25) is 0 Å². The van der Waals surface area contributed by atoms with E-state index in [0.29, 0.717) is 48.1 Å². The van der Waals surface area contributed by atoms with E-state index in [0.717, 1.165) is 45.4 Å². The summed E-state index contributed by atoms with van der Waals surface area (Å²) in [5, 5.41) is 17.1. The minimum Gasteiger partial charge on any atom is -0.493 e. The molecule has 7 rings (SSSR count). The fourth-order valence-corrected chi connectivity index (χ4v) is 7.49. The lowest BCUT2D eigenvalue weighted by molar-refractivity contribution is -0.120. The monoisotopic (exact) mass is 640 g/mol. The summed E-state index contributed by atoms with van der Waals surface area (Å²) in [6, 6.07) is 21.1. The highest BCUT2D eigenvalue weighted by Gasteiger charge is 2.42. The molecule has 238 valence electrons. The Hall–Kier alpha value is -4.47. The molecule has 0 aliphatic carbocycles. The summed E-state index contributed by atoms with van der Waals surface area (Å²) < 4.78 is 11.8. The molecule has 0 fully saturated rings. The van der Waals surface area contributed by atoms with Gasteiger partial charge in [-0.1, -0.05) is 48.5 Å². The van der Waals surface area contributed by atoms with Crippen molar-refractivity contribution in [2.45, 2.75) is 38.1 Å². The SMILES string of the molecule is CCNc1cc2c(c3ccccc13)[C@H](CCl)CN2C(=O)COc1cc2c(cc1OC)C(=O)N1Cc3ccccc3C[C@H]1C(O)N2C. The van der Waals surface area contributed by atoms with Gasteiger partial charge in [-0.3, -0.25) is 9.59 Å². The van der Waals surface area contributed by atoms with Gasteiger partial charge in [0.05, 0.1) is 30.1 Å². The number of hydrogen-bond donors (Lipinski definition) is 2. The number of anilines is 3. The fraction of sp³-hybridized carbons (Fsp3) is 0.333. The number of hydrogen-bond acceptors (Lipinski definition) is 7. The molecule has 9 nitrogen and oxygen atoms in total. The van der Waals surface area contributed by atoms with Crippen molar-refractivity contribution in [1.82, 2.24) is 4.90 Å². The van der Waals surface area contributed by atoms with Crippen molar-refractivity contribution in [2.75, 3.05) is 54.9 Å². The van der Waals surface area contributed by atoms with Crippen LogP contribution in [0.1, 0.15) is 39.9 Å². The molecule has 0 bridgehead atoms. The largest absolute Gasteiger partial charge is 0.493 e. The third kappa shape index (κ3) is 4.89.